The van der Waals surface area contributed by atoms with Crippen molar-refractivity contribution in [3.63, 3.8) is 0 Å². The van der Waals surface area contributed by atoms with E-state index >= 15 is 0 Å². The molecule has 0 unspecified atom stereocenters. The first kappa shape index (κ1) is 27.7. The Morgan fingerprint density at radius 3 is 1.72 bits per heavy atom. The highest BCUT2D eigenvalue weighted by Gasteiger charge is 2.85. The topological polar surface area (TPSA) is 121 Å². The van der Waals surface area contributed by atoms with E-state index in [4.69, 9.17) is 0 Å². The van der Waals surface area contributed by atoms with E-state index in [1.165, 1.54) is 0 Å². The van der Waals surface area contributed by atoms with Crippen LogP contribution < -0.4 is 4.74 Å². The van der Waals surface area contributed by atoms with Gasteiger partial charge in [-0.15, -0.1) is 0 Å². The monoisotopic (exact) mass is 524 g/mol. The molecule has 32 heavy (non-hydrogen) atoms. The summed E-state index contributed by atoms with van der Waals surface area (Å²) in [4.78, 5) is 9.44. The van der Waals surface area contributed by atoms with Crippen molar-refractivity contribution in [1.82, 2.24) is 3.87 Å². The summed E-state index contributed by atoms with van der Waals surface area (Å²) in [6, 6.07) is 1.56. The third-order valence-electron chi connectivity index (χ3n) is 3.34. The Balaban J connectivity index is 3.47. The predicted molar refractivity (Wildman–Crippen MR) is 84.5 cm³/mol. The van der Waals surface area contributed by atoms with Crippen molar-refractivity contribution in [2.75, 3.05) is 0 Å². The maximum absolute atomic E-state index is 13.7. The minimum atomic E-state index is -7.95. The lowest BCUT2D eigenvalue weighted by Crippen LogP contribution is -2.65. The lowest BCUT2D eigenvalue weighted by molar-refractivity contribution is -0.382. The van der Waals surface area contributed by atoms with Gasteiger partial charge in [-0.05, 0) is 24.3 Å². The third-order valence-corrected chi connectivity index (χ3v) is 7.07. The van der Waals surface area contributed by atoms with Crippen molar-refractivity contribution < 1.29 is 65.9 Å². The molecule has 0 spiro atoms. The molecule has 0 fully saturated rings. The Hall–Kier alpha value is -2.38. The number of sulfonamides is 2. The molecule has 0 saturated carbocycles. The average Bonchev–Trinajstić information content (AvgIpc) is 2.66. The first-order chi connectivity index (χ1) is 14.1. The van der Waals surface area contributed by atoms with E-state index in [0.717, 1.165) is 0 Å². The fourth-order valence-electron chi connectivity index (χ4n) is 1.67. The molecule has 1 aromatic rings. The van der Waals surface area contributed by atoms with E-state index in [2.05, 4.69) is 11.3 Å². The van der Waals surface area contributed by atoms with Crippen LogP contribution in [-0.4, -0.2) is 50.0 Å². The molecule has 19 heteroatoms. The molecule has 0 bridgehead atoms. The smallest absolute Gasteiger partial charge is 0.460 e. The summed E-state index contributed by atoms with van der Waals surface area (Å²) in [7, 11) is -14.2. The number of carbonyl (C=O) groups is 1. The van der Waals surface area contributed by atoms with E-state index < -0.39 is 63.8 Å². The van der Waals surface area contributed by atoms with Crippen LogP contribution >= 0.6 is 0 Å². The summed E-state index contributed by atoms with van der Waals surface area (Å²) in [5.41, 5.74) is 0. The molecule has 182 valence electrons. The van der Waals surface area contributed by atoms with Crippen LogP contribution in [0.2, 0.25) is 0 Å². The molecule has 1 aromatic carbocycles. The van der Waals surface area contributed by atoms with Crippen molar-refractivity contribution in [2.45, 2.75) is 28.2 Å². The summed E-state index contributed by atoms with van der Waals surface area (Å²) in [5.74, 6) is -17.1. The van der Waals surface area contributed by atoms with E-state index in [-0.39, 0.29) is 12.1 Å². The fraction of sp³-hybridized carbons (Fsp3) is 0.308. The van der Waals surface area contributed by atoms with E-state index in [1.54, 1.807) is 0 Å². The van der Waals surface area contributed by atoms with Gasteiger partial charge in [0.25, 0.3) is 10.0 Å². The number of carbonyl (C=O) groups excluding carboxylic acids is 1. The molecule has 0 N–H and O–H groups in total. The minimum absolute atomic E-state index is 0.238. The first-order valence-corrected chi connectivity index (χ1v) is 10.1. The highest BCUT2D eigenvalue weighted by Crippen LogP contribution is 2.55. The fourth-order valence-corrected chi connectivity index (χ4v) is 4.53. The van der Waals surface area contributed by atoms with Crippen LogP contribution in [0, 0.1) is 5.21 Å². The summed E-state index contributed by atoms with van der Waals surface area (Å²) in [6.07, 6.45) is -6.78. The highest BCUT2D eigenvalue weighted by atomic mass is 32.3. The molecule has 0 amide bonds. The van der Waals surface area contributed by atoms with Gasteiger partial charge < -0.3 is 9.94 Å². The maximum Gasteiger partial charge on any atom is 0.460 e. The van der Waals surface area contributed by atoms with Crippen molar-refractivity contribution in [3.05, 3.63) is 42.1 Å². The van der Waals surface area contributed by atoms with Crippen LogP contribution in [0.15, 0.2) is 41.8 Å². The predicted octanol–water partition coefficient (Wildman–Crippen LogP) is 3.02. The van der Waals surface area contributed by atoms with Gasteiger partial charge in [-0.25, -0.2) is 21.6 Å². The number of rotatable bonds is 8. The van der Waals surface area contributed by atoms with Crippen molar-refractivity contribution in [3.8, 4) is 5.75 Å². The van der Waals surface area contributed by atoms with E-state index in [9.17, 15) is 66.4 Å². The molecular weight excluding hydrogens is 517 g/mol. The van der Waals surface area contributed by atoms with Gasteiger partial charge in [-0.3, -0.25) is 0 Å². The molecule has 0 atom stereocenters. The Kier molecular flexibility index (Phi) is 7.08. The molecular formula is C13H7F9NO7S2-. The van der Waals surface area contributed by atoms with Crippen LogP contribution in [0.25, 0.3) is 0 Å². The first-order valence-electron chi connectivity index (χ1n) is 7.20. The lowest BCUT2D eigenvalue weighted by Gasteiger charge is -2.37. The van der Waals surface area contributed by atoms with Crippen LogP contribution in [0.4, 0.5) is 39.5 Å². The number of hydrogen-bond donors (Lipinski definition) is 0. The van der Waals surface area contributed by atoms with Crippen LogP contribution in [0.5, 0.6) is 5.75 Å². The second-order valence-electron chi connectivity index (χ2n) is 5.43. The second-order valence-corrected chi connectivity index (χ2v) is 9.21. The van der Waals surface area contributed by atoms with Gasteiger partial charge in [-0.1, -0.05) is 6.58 Å². The van der Waals surface area contributed by atoms with Crippen LogP contribution in [-0.2, 0) is 24.8 Å². The Bertz CT molecular complexity index is 1100. The Morgan fingerprint density at radius 2 is 1.34 bits per heavy atom. The van der Waals surface area contributed by atoms with Gasteiger partial charge in [0, 0.05) is 6.08 Å². The number of halogens is 9. The lowest BCUT2D eigenvalue weighted by atomic mass is 10.1. The largest absolute Gasteiger partial charge is 0.758 e. The third kappa shape index (κ3) is 4.28. The second kappa shape index (κ2) is 8.19. The molecule has 8 nitrogen and oxygen atoms in total. The zero-order valence-corrected chi connectivity index (χ0v) is 16.2. The summed E-state index contributed by atoms with van der Waals surface area (Å²) < 4.78 is 164. The molecule has 0 heterocycles. The standard InChI is InChI=1S/C13H7F9NO7S2/c1-2-9(24)30-7-3-5-8(6-4-7)31(26,27)23(25)32(28,29)13(21,22)11(16,17)10(14,15)12(18,19)20/h2-6H,1H2/q-1. The maximum atomic E-state index is 13.7. The summed E-state index contributed by atoms with van der Waals surface area (Å²) >= 11 is 0. The van der Waals surface area contributed by atoms with Crippen LogP contribution in [0.1, 0.15) is 0 Å². The van der Waals surface area contributed by atoms with Gasteiger partial charge >= 0.3 is 29.2 Å². The van der Waals surface area contributed by atoms with Gasteiger partial charge in [-0.2, -0.15) is 43.4 Å². The van der Waals surface area contributed by atoms with Gasteiger partial charge in [0.05, 0.1) is 4.90 Å². The minimum Gasteiger partial charge on any atom is -0.758 e. The molecule has 0 saturated heterocycles. The van der Waals surface area contributed by atoms with E-state index in [1.807, 2.05) is 0 Å². The summed E-state index contributed by atoms with van der Waals surface area (Å²) in [6.45, 7) is 3.00. The molecule has 0 aromatic heterocycles. The Morgan fingerprint density at radius 1 is 0.906 bits per heavy atom. The molecule has 0 aliphatic heterocycles. The van der Waals surface area contributed by atoms with Crippen molar-refractivity contribution in [2.24, 2.45) is 0 Å². The van der Waals surface area contributed by atoms with Crippen LogP contribution in [0.3, 0.4) is 0 Å². The van der Waals surface area contributed by atoms with Gasteiger partial charge in [0.2, 0.25) is 10.0 Å². The molecule has 0 aliphatic rings. The van der Waals surface area contributed by atoms with Gasteiger partial charge in [0.1, 0.15) is 5.75 Å². The SMILES string of the molecule is C=CC(=O)Oc1ccc(S(=O)(=O)N([O-])S(=O)(=O)C(F)(F)C(F)(F)C(F)(F)C(F)(F)F)cc1. The molecule has 0 radical (unpaired) electrons. The highest BCUT2D eigenvalue weighted by molar-refractivity contribution is 8.04. The van der Waals surface area contributed by atoms with E-state index in [0.29, 0.717) is 18.2 Å². The number of benzene rings is 1. The zero-order valence-electron chi connectivity index (χ0n) is 14.6. The van der Waals surface area contributed by atoms with Crippen molar-refractivity contribution >= 4 is 26.0 Å². The van der Waals surface area contributed by atoms with Crippen molar-refractivity contribution in [1.29, 1.82) is 0 Å². The number of hydrogen-bond acceptors (Lipinski definition) is 7. The quantitative estimate of drug-likeness (QED) is 0.169. The average molecular weight is 524 g/mol. The number of ether oxygens (including phenoxy) is 1. The number of alkyl halides is 9. The Labute approximate surface area is 172 Å². The zero-order chi connectivity index (χ0) is 25.6. The number of esters is 1. The number of nitrogens with zero attached hydrogens (tertiary/aromatic N) is 1. The molecule has 0 aliphatic carbocycles. The van der Waals surface area contributed by atoms with Gasteiger partial charge in [0.15, 0.2) is 0 Å². The molecule has 1 rings (SSSR count). The summed E-state index contributed by atoms with van der Waals surface area (Å²) in [5, 5.41) is 4.02. The normalized spacial score (nSPS) is 14.3.